The van der Waals surface area contributed by atoms with Crippen LogP contribution in [0.25, 0.3) is 5.70 Å². The van der Waals surface area contributed by atoms with Crippen LogP contribution in [0.15, 0.2) is 33.3 Å². The molecule has 3 N–H and O–H groups in total. The molecule has 8 heteroatoms. The van der Waals surface area contributed by atoms with Crippen molar-refractivity contribution in [3.63, 3.8) is 0 Å². The van der Waals surface area contributed by atoms with E-state index in [1.807, 2.05) is 51.5 Å². The zero-order valence-corrected chi connectivity index (χ0v) is 22.7. The third kappa shape index (κ3) is 6.29. The van der Waals surface area contributed by atoms with Crippen LogP contribution in [0.2, 0.25) is 0 Å². The highest BCUT2D eigenvalue weighted by atomic mass is 32.2. The van der Waals surface area contributed by atoms with Gasteiger partial charge >= 0.3 is 0 Å². The number of fused-ring (bicyclic) bond motifs is 1. The zero-order chi connectivity index (χ0) is 24.8. The van der Waals surface area contributed by atoms with Gasteiger partial charge in [-0.05, 0) is 37.0 Å². The largest absolute Gasteiger partial charge is 0.505 e. The Morgan fingerprint density at radius 2 is 2.00 bits per heavy atom. The van der Waals surface area contributed by atoms with Crippen LogP contribution in [0.5, 0.6) is 5.75 Å². The minimum Gasteiger partial charge on any atom is -0.505 e. The Kier molecular flexibility index (Phi) is 9.79. The molecule has 0 spiro atoms. The molecule has 0 bridgehead atoms. The van der Waals surface area contributed by atoms with Crippen molar-refractivity contribution in [3.8, 4) is 5.75 Å². The van der Waals surface area contributed by atoms with Crippen LogP contribution in [0.4, 0.5) is 11.4 Å². The molecular formula is C25H38N4O2S2. The Morgan fingerprint density at radius 1 is 1.30 bits per heavy atom. The number of rotatable bonds is 8. The molecule has 3 rings (SSSR count). The van der Waals surface area contributed by atoms with Gasteiger partial charge in [-0.2, -0.15) is 5.10 Å². The third-order valence-electron chi connectivity index (χ3n) is 5.62. The quantitative estimate of drug-likeness (QED) is 0.347. The molecule has 1 aliphatic heterocycles. The molecule has 182 valence electrons. The van der Waals surface area contributed by atoms with Crippen LogP contribution < -0.4 is 15.6 Å². The second kappa shape index (κ2) is 11.9. The van der Waals surface area contributed by atoms with Crippen molar-refractivity contribution in [3.05, 3.63) is 45.2 Å². The number of aryl methyl sites for hydroxylation is 1. The summed E-state index contributed by atoms with van der Waals surface area (Å²) in [4.78, 5) is 14.4. The number of hydrogen-bond donors (Lipinski definition) is 3. The first-order valence-electron chi connectivity index (χ1n) is 11.6. The SMILES string of the molecule is CC.CCC(C)(C)c1nn(CCC(C)C)c(=O)c(C2=CSc3cc(NSC)ccc3N2)c1O. The molecule has 0 aliphatic carbocycles. The Labute approximate surface area is 206 Å². The molecule has 1 aliphatic rings. The van der Waals surface area contributed by atoms with E-state index in [0.717, 1.165) is 29.1 Å². The van der Waals surface area contributed by atoms with Crippen LogP contribution in [-0.2, 0) is 12.0 Å². The predicted molar refractivity (Wildman–Crippen MR) is 145 cm³/mol. The van der Waals surface area contributed by atoms with Crippen molar-refractivity contribution >= 4 is 40.8 Å². The fourth-order valence-electron chi connectivity index (χ4n) is 3.28. The first-order chi connectivity index (χ1) is 15.7. The molecule has 1 aromatic heterocycles. The lowest BCUT2D eigenvalue weighted by atomic mass is 9.85. The van der Waals surface area contributed by atoms with Gasteiger partial charge in [0, 0.05) is 34.2 Å². The molecule has 0 radical (unpaired) electrons. The lowest BCUT2D eigenvalue weighted by molar-refractivity contribution is 0.384. The lowest BCUT2D eigenvalue weighted by Crippen LogP contribution is -2.32. The maximum Gasteiger partial charge on any atom is 0.279 e. The fraction of sp³-hybridized carbons (Fsp3) is 0.520. The van der Waals surface area contributed by atoms with E-state index in [0.29, 0.717) is 29.4 Å². The van der Waals surface area contributed by atoms with Crippen LogP contribution >= 0.6 is 23.7 Å². The first kappa shape index (κ1) is 27.2. The molecule has 0 unspecified atom stereocenters. The van der Waals surface area contributed by atoms with E-state index in [1.54, 1.807) is 11.9 Å². The summed E-state index contributed by atoms with van der Waals surface area (Å²) < 4.78 is 4.76. The van der Waals surface area contributed by atoms with Gasteiger partial charge in [-0.25, -0.2) is 4.68 Å². The van der Waals surface area contributed by atoms with Crippen LogP contribution in [0.3, 0.4) is 0 Å². The third-order valence-corrected chi connectivity index (χ3v) is 7.00. The number of aromatic hydroxyl groups is 1. The molecule has 0 saturated carbocycles. The van der Waals surface area contributed by atoms with Crippen molar-refractivity contribution in [2.45, 2.75) is 78.2 Å². The highest BCUT2D eigenvalue weighted by molar-refractivity contribution is 8.02. The van der Waals surface area contributed by atoms with Crippen LogP contribution in [-0.4, -0.2) is 21.1 Å². The highest BCUT2D eigenvalue weighted by Crippen LogP contribution is 2.41. The van der Waals surface area contributed by atoms with Crippen molar-refractivity contribution in [2.75, 3.05) is 16.3 Å². The fourth-order valence-corrected chi connectivity index (χ4v) is 4.51. The minimum absolute atomic E-state index is 0.0267. The standard InChI is InChI=1S/C23H32N4O2S2.C2H6/c1-7-23(4,5)21-20(28)19(22(29)27(25-21)11-10-14(2)3)17-13-31-18-12-15(26-30-6)8-9-16(18)24-17;1-2/h8-9,12-14,24,26,28H,7,10-11H2,1-6H3;1-2H3. The van der Waals surface area contributed by atoms with E-state index in [2.05, 4.69) is 42.0 Å². The summed E-state index contributed by atoms with van der Waals surface area (Å²) in [7, 11) is 0. The number of benzene rings is 1. The lowest BCUT2D eigenvalue weighted by Gasteiger charge is -2.26. The number of aromatic nitrogens is 2. The monoisotopic (exact) mass is 490 g/mol. The van der Waals surface area contributed by atoms with Gasteiger partial charge in [0.25, 0.3) is 5.56 Å². The van der Waals surface area contributed by atoms with Crippen molar-refractivity contribution in [2.24, 2.45) is 5.92 Å². The van der Waals surface area contributed by atoms with E-state index in [9.17, 15) is 9.90 Å². The second-order valence-corrected chi connectivity index (χ2v) is 10.3. The topological polar surface area (TPSA) is 79.2 Å². The van der Waals surface area contributed by atoms with Crippen LogP contribution in [0, 0.1) is 5.92 Å². The number of nitrogens with zero attached hydrogens (tertiary/aromatic N) is 2. The maximum absolute atomic E-state index is 13.4. The molecule has 33 heavy (non-hydrogen) atoms. The highest BCUT2D eigenvalue weighted by Gasteiger charge is 2.30. The van der Waals surface area contributed by atoms with E-state index in [-0.39, 0.29) is 16.7 Å². The summed E-state index contributed by atoms with van der Waals surface area (Å²) in [5.74, 6) is 0.424. The van der Waals surface area contributed by atoms with Gasteiger partial charge in [-0.15, -0.1) is 0 Å². The number of nitrogens with one attached hydrogen (secondary N) is 2. The summed E-state index contributed by atoms with van der Waals surface area (Å²) in [5.41, 5.74) is 2.77. The summed E-state index contributed by atoms with van der Waals surface area (Å²) in [6.45, 7) is 14.9. The first-order valence-corrected chi connectivity index (χ1v) is 13.7. The number of hydrogen-bond acceptors (Lipinski definition) is 7. The Balaban J connectivity index is 0.00000187. The van der Waals surface area contributed by atoms with Crippen molar-refractivity contribution in [1.29, 1.82) is 0 Å². The summed E-state index contributed by atoms with van der Waals surface area (Å²) in [6, 6.07) is 6.04. The second-order valence-electron chi connectivity index (χ2n) is 8.81. The molecular weight excluding hydrogens is 452 g/mol. The van der Waals surface area contributed by atoms with Gasteiger partial charge in [-0.1, -0.05) is 72.2 Å². The maximum atomic E-state index is 13.4. The van der Waals surface area contributed by atoms with Gasteiger partial charge < -0.3 is 15.1 Å². The summed E-state index contributed by atoms with van der Waals surface area (Å²) >= 11 is 3.08. The van der Waals surface area contributed by atoms with Gasteiger partial charge in [-0.3, -0.25) is 4.79 Å². The Morgan fingerprint density at radius 3 is 2.61 bits per heavy atom. The van der Waals surface area contributed by atoms with Crippen molar-refractivity contribution in [1.82, 2.24) is 9.78 Å². The molecule has 6 nitrogen and oxygen atoms in total. The molecule has 0 fully saturated rings. The smallest absolute Gasteiger partial charge is 0.279 e. The summed E-state index contributed by atoms with van der Waals surface area (Å²) in [6.07, 6.45) is 3.62. The van der Waals surface area contributed by atoms with Gasteiger partial charge in [0.15, 0.2) is 5.75 Å². The van der Waals surface area contributed by atoms with Gasteiger partial charge in [0.1, 0.15) is 11.3 Å². The molecule has 1 aromatic carbocycles. The van der Waals surface area contributed by atoms with E-state index in [1.165, 1.54) is 16.4 Å². The van der Waals surface area contributed by atoms with Crippen LogP contribution in [0.1, 0.15) is 72.6 Å². The van der Waals surface area contributed by atoms with Gasteiger partial charge in [0.2, 0.25) is 0 Å². The Hall–Kier alpha value is -2.06. The number of anilines is 2. The van der Waals surface area contributed by atoms with Crippen molar-refractivity contribution < 1.29 is 5.11 Å². The normalized spacial score (nSPS) is 12.9. The molecule has 2 aromatic rings. The van der Waals surface area contributed by atoms with E-state index < -0.39 is 0 Å². The average molecular weight is 491 g/mol. The molecule has 0 atom stereocenters. The number of thioether (sulfide) groups is 1. The predicted octanol–water partition coefficient (Wildman–Crippen LogP) is 6.91. The average Bonchev–Trinajstić information content (AvgIpc) is 2.80. The molecule has 0 amide bonds. The minimum atomic E-state index is -0.356. The van der Waals surface area contributed by atoms with Gasteiger partial charge in [0.05, 0.1) is 11.4 Å². The van der Waals surface area contributed by atoms with E-state index in [4.69, 9.17) is 0 Å². The Bertz CT molecular complexity index is 1050. The molecule has 2 heterocycles. The van der Waals surface area contributed by atoms with E-state index >= 15 is 0 Å². The summed E-state index contributed by atoms with van der Waals surface area (Å²) in [5, 5.41) is 21.0. The molecule has 0 saturated heterocycles. The zero-order valence-electron chi connectivity index (χ0n) is 21.1.